The number of aromatic nitrogens is 2. The van der Waals surface area contributed by atoms with E-state index in [1.54, 1.807) is 14.2 Å². The number of hydrogen-bond donors (Lipinski definition) is 0. The van der Waals surface area contributed by atoms with Gasteiger partial charge in [0.05, 0.1) is 31.9 Å². The van der Waals surface area contributed by atoms with Gasteiger partial charge in [0.1, 0.15) is 12.4 Å². The summed E-state index contributed by atoms with van der Waals surface area (Å²) >= 11 is 0. The quantitative estimate of drug-likeness (QED) is 0.253. The number of imidazole rings is 1. The second kappa shape index (κ2) is 11.3. The number of methoxy groups -OCH3 is 2. The second-order valence-electron chi connectivity index (χ2n) is 7.72. The molecular weight excluding hydrogens is 428 g/mol. The van der Waals surface area contributed by atoms with Crippen LogP contribution >= 0.6 is 0 Å². The van der Waals surface area contributed by atoms with E-state index in [2.05, 4.69) is 10.6 Å². The number of aryl methyl sites for hydroxylation is 1. The summed E-state index contributed by atoms with van der Waals surface area (Å²) < 4.78 is 25.2. The topological polar surface area (TPSA) is 54.7 Å². The number of allylic oxidation sites excluding steroid dienone is 1. The molecule has 0 unspecified atom stereocenters. The highest BCUT2D eigenvalue weighted by atomic mass is 16.5. The molecule has 1 heterocycles. The minimum atomic E-state index is 0.343. The lowest BCUT2D eigenvalue weighted by atomic mass is 10.2. The van der Waals surface area contributed by atoms with Crippen LogP contribution in [0, 0.1) is 0 Å². The Labute approximate surface area is 200 Å². The molecule has 0 saturated carbocycles. The van der Waals surface area contributed by atoms with Gasteiger partial charge in [-0.1, -0.05) is 42.5 Å². The zero-order valence-corrected chi connectivity index (χ0v) is 19.9. The van der Waals surface area contributed by atoms with Crippen LogP contribution < -0.4 is 18.9 Å². The van der Waals surface area contributed by atoms with Gasteiger partial charge in [0, 0.05) is 6.54 Å². The third-order valence-electron chi connectivity index (χ3n) is 5.49. The Balaban J connectivity index is 1.44. The van der Waals surface area contributed by atoms with Crippen LogP contribution in [-0.2, 0) is 13.2 Å². The van der Waals surface area contributed by atoms with Crippen LogP contribution in [0.3, 0.4) is 0 Å². The number of ether oxygens (including phenoxy) is 4. The van der Waals surface area contributed by atoms with Gasteiger partial charge in [-0.2, -0.15) is 0 Å². The van der Waals surface area contributed by atoms with Gasteiger partial charge < -0.3 is 23.5 Å². The first-order chi connectivity index (χ1) is 16.7. The van der Waals surface area contributed by atoms with Crippen LogP contribution in [0.1, 0.15) is 24.7 Å². The zero-order chi connectivity index (χ0) is 23.8. The molecule has 6 heteroatoms. The Kier molecular flexibility index (Phi) is 7.71. The third-order valence-corrected chi connectivity index (χ3v) is 5.49. The number of para-hydroxylation sites is 4. The van der Waals surface area contributed by atoms with Gasteiger partial charge in [-0.05, 0) is 55.3 Å². The van der Waals surface area contributed by atoms with Crippen LogP contribution in [-0.4, -0.2) is 30.4 Å². The lowest BCUT2D eigenvalue weighted by molar-refractivity contribution is 0.264. The van der Waals surface area contributed by atoms with Crippen molar-refractivity contribution in [3.05, 3.63) is 84.2 Å². The summed E-state index contributed by atoms with van der Waals surface area (Å²) in [6, 6.07) is 21.7. The molecule has 0 aliphatic carbocycles. The maximum atomic E-state index is 6.06. The van der Waals surface area contributed by atoms with E-state index in [1.165, 1.54) is 0 Å². The third kappa shape index (κ3) is 5.34. The van der Waals surface area contributed by atoms with Gasteiger partial charge in [0.15, 0.2) is 23.0 Å². The fourth-order valence-corrected chi connectivity index (χ4v) is 3.87. The number of rotatable bonds is 11. The first-order valence-corrected chi connectivity index (χ1v) is 11.4. The van der Waals surface area contributed by atoms with Crippen LogP contribution in [0.15, 0.2) is 72.8 Å². The number of nitrogens with zero attached hydrogens (tertiary/aromatic N) is 2. The first-order valence-electron chi connectivity index (χ1n) is 11.4. The first kappa shape index (κ1) is 23.2. The Morgan fingerprint density at radius 3 is 2.35 bits per heavy atom. The highest BCUT2D eigenvalue weighted by molar-refractivity contribution is 5.75. The van der Waals surface area contributed by atoms with E-state index in [0.717, 1.165) is 46.9 Å². The standard InChI is InChI=1S/C28H30N2O4/c1-4-10-21-15-16-26(27(19-21)32-3)33-18-9-17-30-23-12-6-5-11-22(23)29-28(30)20-34-25-14-8-7-13-24(25)31-2/h4-8,10-16,19H,9,17-18,20H2,1-3H3/b10-4+. The molecule has 1 aromatic heterocycles. The minimum absolute atomic E-state index is 0.343. The van der Waals surface area contributed by atoms with Gasteiger partial charge >= 0.3 is 0 Å². The molecule has 0 amide bonds. The molecule has 4 rings (SSSR count). The fraction of sp³-hybridized carbons (Fsp3) is 0.250. The molecular formula is C28H30N2O4. The van der Waals surface area contributed by atoms with E-state index in [0.29, 0.717) is 24.7 Å². The van der Waals surface area contributed by atoms with Gasteiger partial charge in [-0.3, -0.25) is 0 Å². The maximum absolute atomic E-state index is 6.06. The Morgan fingerprint density at radius 1 is 0.824 bits per heavy atom. The molecule has 176 valence electrons. The summed E-state index contributed by atoms with van der Waals surface area (Å²) in [6.07, 6.45) is 4.84. The number of benzene rings is 3. The lowest BCUT2D eigenvalue weighted by Gasteiger charge is -2.14. The Bertz CT molecular complexity index is 1260. The predicted molar refractivity (Wildman–Crippen MR) is 135 cm³/mol. The average Bonchev–Trinajstić information content (AvgIpc) is 3.23. The normalized spacial score (nSPS) is 11.1. The average molecular weight is 459 g/mol. The van der Waals surface area contributed by atoms with E-state index >= 15 is 0 Å². The molecule has 0 aliphatic rings. The SMILES string of the molecule is C/C=C/c1ccc(OCCCn2c(COc3ccccc3OC)nc3ccccc32)c(OC)c1. The molecule has 0 N–H and O–H groups in total. The van der Waals surface area contributed by atoms with Crippen molar-refractivity contribution in [3.8, 4) is 23.0 Å². The fourth-order valence-electron chi connectivity index (χ4n) is 3.87. The predicted octanol–water partition coefficient (Wildman–Crippen LogP) is 6.13. The van der Waals surface area contributed by atoms with E-state index in [9.17, 15) is 0 Å². The molecule has 3 aromatic carbocycles. The molecule has 6 nitrogen and oxygen atoms in total. The van der Waals surface area contributed by atoms with Gasteiger partial charge in [0.2, 0.25) is 0 Å². The van der Waals surface area contributed by atoms with E-state index in [1.807, 2.05) is 79.7 Å². The van der Waals surface area contributed by atoms with Crippen molar-refractivity contribution in [2.75, 3.05) is 20.8 Å². The highest BCUT2D eigenvalue weighted by Gasteiger charge is 2.13. The smallest absolute Gasteiger partial charge is 0.161 e. The summed E-state index contributed by atoms with van der Waals surface area (Å²) in [4.78, 5) is 4.80. The van der Waals surface area contributed by atoms with Crippen molar-refractivity contribution in [2.24, 2.45) is 0 Å². The van der Waals surface area contributed by atoms with Crippen molar-refractivity contribution in [2.45, 2.75) is 26.5 Å². The summed E-state index contributed by atoms with van der Waals surface area (Å²) in [5.41, 5.74) is 3.11. The summed E-state index contributed by atoms with van der Waals surface area (Å²) in [7, 11) is 3.30. The van der Waals surface area contributed by atoms with Crippen LogP contribution in [0.4, 0.5) is 0 Å². The summed E-state index contributed by atoms with van der Waals surface area (Å²) in [6.45, 7) is 3.64. The highest BCUT2D eigenvalue weighted by Crippen LogP contribution is 2.29. The molecule has 0 fully saturated rings. The zero-order valence-electron chi connectivity index (χ0n) is 19.9. The monoisotopic (exact) mass is 458 g/mol. The molecule has 0 radical (unpaired) electrons. The second-order valence-corrected chi connectivity index (χ2v) is 7.72. The molecule has 0 bridgehead atoms. The van der Waals surface area contributed by atoms with E-state index < -0.39 is 0 Å². The molecule has 0 aliphatic heterocycles. The van der Waals surface area contributed by atoms with Crippen LogP contribution in [0.5, 0.6) is 23.0 Å². The lowest BCUT2D eigenvalue weighted by Crippen LogP contribution is -2.10. The number of hydrogen-bond acceptors (Lipinski definition) is 5. The van der Waals surface area contributed by atoms with Crippen molar-refractivity contribution in [1.29, 1.82) is 0 Å². The van der Waals surface area contributed by atoms with E-state index in [-0.39, 0.29) is 0 Å². The molecule has 0 spiro atoms. The van der Waals surface area contributed by atoms with Crippen molar-refractivity contribution >= 4 is 17.1 Å². The van der Waals surface area contributed by atoms with Crippen molar-refractivity contribution < 1.29 is 18.9 Å². The van der Waals surface area contributed by atoms with E-state index in [4.69, 9.17) is 23.9 Å². The van der Waals surface area contributed by atoms with Crippen molar-refractivity contribution in [1.82, 2.24) is 9.55 Å². The van der Waals surface area contributed by atoms with Crippen LogP contribution in [0.25, 0.3) is 17.1 Å². The molecule has 0 atom stereocenters. The number of fused-ring (bicyclic) bond motifs is 1. The molecule has 4 aromatic rings. The van der Waals surface area contributed by atoms with Crippen molar-refractivity contribution in [3.63, 3.8) is 0 Å². The minimum Gasteiger partial charge on any atom is -0.493 e. The molecule has 34 heavy (non-hydrogen) atoms. The summed E-state index contributed by atoms with van der Waals surface area (Å²) in [5.74, 6) is 3.73. The van der Waals surface area contributed by atoms with Gasteiger partial charge in [0.25, 0.3) is 0 Å². The summed E-state index contributed by atoms with van der Waals surface area (Å²) in [5, 5.41) is 0. The maximum Gasteiger partial charge on any atom is 0.161 e. The molecule has 0 saturated heterocycles. The van der Waals surface area contributed by atoms with Crippen LogP contribution in [0.2, 0.25) is 0 Å². The van der Waals surface area contributed by atoms with Gasteiger partial charge in [-0.15, -0.1) is 0 Å². The largest absolute Gasteiger partial charge is 0.493 e. The Hall–Kier alpha value is -3.93. The van der Waals surface area contributed by atoms with Gasteiger partial charge in [-0.25, -0.2) is 4.98 Å². The Morgan fingerprint density at radius 2 is 1.56 bits per heavy atom.